The molecule has 3 nitrogen and oxygen atoms in total. The van der Waals surface area contributed by atoms with Crippen molar-refractivity contribution in [2.75, 3.05) is 11.4 Å². The van der Waals surface area contributed by atoms with Gasteiger partial charge in [0.1, 0.15) is 9.57 Å². The highest BCUT2D eigenvalue weighted by Gasteiger charge is 2.36. The Morgan fingerprint density at radius 3 is 2.60 bits per heavy atom. The molecule has 1 aromatic rings. The van der Waals surface area contributed by atoms with Crippen LogP contribution in [0.4, 0.5) is 5.69 Å². The second-order valence-electron chi connectivity index (χ2n) is 3.12. The molecule has 78 valence electrons. The number of thioether (sulfide) groups is 1. The summed E-state index contributed by atoms with van der Waals surface area (Å²) in [4.78, 5) is 13.4. The third-order valence-corrected chi connectivity index (χ3v) is 3.68. The minimum atomic E-state index is -0.224. The lowest BCUT2D eigenvalue weighted by Gasteiger charge is -2.14. The Hall–Kier alpha value is -0.910. The number of anilines is 1. The van der Waals surface area contributed by atoms with Crippen LogP contribution >= 0.6 is 24.0 Å². The fourth-order valence-corrected chi connectivity index (χ4v) is 2.81. The summed E-state index contributed by atoms with van der Waals surface area (Å²) >= 11 is 6.51. The molecule has 1 amide bonds. The van der Waals surface area contributed by atoms with Gasteiger partial charge in [0.15, 0.2) is 0 Å². The molecule has 2 rings (SSSR count). The molecule has 1 aliphatic rings. The number of rotatable bonds is 2. The van der Waals surface area contributed by atoms with Gasteiger partial charge in [0.05, 0.1) is 5.69 Å². The Morgan fingerprint density at radius 2 is 2.07 bits per heavy atom. The number of para-hydroxylation sites is 1. The van der Waals surface area contributed by atoms with Crippen molar-refractivity contribution in [1.29, 1.82) is 0 Å². The first kappa shape index (κ1) is 10.6. The minimum Gasteiger partial charge on any atom is -0.329 e. The molecular formula is C10H10N2OS2. The summed E-state index contributed by atoms with van der Waals surface area (Å²) < 4.78 is 0.585. The Balaban J connectivity index is 2.31. The maximum Gasteiger partial charge on any atom is 0.247 e. The van der Waals surface area contributed by atoms with Crippen LogP contribution in [0.15, 0.2) is 30.3 Å². The van der Waals surface area contributed by atoms with Crippen molar-refractivity contribution < 1.29 is 4.79 Å². The number of nitrogens with zero attached hydrogens (tertiary/aromatic N) is 1. The first-order valence-electron chi connectivity index (χ1n) is 4.53. The van der Waals surface area contributed by atoms with Gasteiger partial charge in [-0.15, -0.1) is 0 Å². The number of carbonyl (C=O) groups excluding carboxylic acids is 1. The predicted octanol–water partition coefficient (Wildman–Crippen LogP) is 1.38. The van der Waals surface area contributed by atoms with E-state index in [1.165, 1.54) is 11.8 Å². The summed E-state index contributed by atoms with van der Waals surface area (Å²) in [6.07, 6.45) is 0. The highest BCUT2D eigenvalue weighted by Crippen LogP contribution is 2.31. The van der Waals surface area contributed by atoms with Crippen LogP contribution in [0.25, 0.3) is 0 Å². The smallest absolute Gasteiger partial charge is 0.247 e. The molecule has 1 atom stereocenters. The molecule has 1 saturated heterocycles. The molecular weight excluding hydrogens is 228 g/mol. The second kappa shape index (κ2) is 4.30. The molecule has 1 unspecified atom stereocenters. The Bertz CT molecular complexity index is 394. The summed E-state index contributed by atoms with van der Waals surface area (Å²) in [7, 11) is 0. The lowest BCUT2D eigenvalue weighted by Crippen LogP contribution is -2.34. The molecule has 1 heterocycles. The van der Waals surface area contributed by atoms with Gasteiger partial charge in [-0.2, -0.15) is 0 Å². The van der Waals surface area contributed by atoms with Gasteiger partial charge in [-0.3, -0.25) is 9.69 Å². The SMILES string of the molecule is NCC1SC(=S)N(c2ccccc2)C1=O. The zero-order valence-electron chi connectivity index (χ0n) is 7.92. The fraction of sp³-hybridized carbons (Fsp3) is 0.200. The number of hydrogen-bond acceptors (Lipinski definition) is 4. The van der Waals surface area contributed by atoms with E-state index in [2.05, 4.69) is 0 Å². The van der Waals surface area contributed by atoms with E-state index in [0.717, 1.165) is 5.69 Å². The number of amides is 1. The summed E-state index contributed by atoms with van der Waals surface area (Å²) in [5.74, 6) is -0.0151. The Kier molecular flexibility index (Phi) is 3.04. The number of hydrogen-bond donors (Lipinski definition) is 1. The lowest BCUT2D eigenvalue weighted by atomic mass is 10.3. The van der Waals surface area contributed by atoms with Gasteiger partial charge < -0.3 is 5.73 Å². The van der Waals surface area contributed by atoms with Crippen LogP contribution in [0.2, 0.25) is 0 Å². The van der Waals surface area contributed by atoms with E-state index < -0.39 is 0 Å². The van der Waals surface area contributed by atoms with Crippen molar-refractivity contribution in [2.24, 2.45) is 5.73 Å². The van der Waals surface area contributed by atoms with Crippen LogP contribution in [0, 0.1) is 0 Å². The molecule has 5 heteroatoms. The zero-order chi connectivity index (χ0) is 10.8. The molecule has 0 spiro atoms. The molecule has 0 bridgehead atoms. The lowest BCUT2D eigenvalue weighted by molar-refractivity contribution is -0.116. The number of thiocarbonyl (C=S) groups is 1. The van der Waals surface area contributed by atoms with Crippen LogP contribution in [-0.2, 0) is 4.79 Å². The van der Waals surface area contributed by atoms with Crippen LogP contribution in [0.3, 0.4) is 0 Å². The molecule has 0 radical (unpaired) electrons. The third-order valence-electron chi connectivity index (χ3n) is 2.15. The molecule has 1 fully saturated rings. The molecule has 1 aromatic carbocycles. The van der Waals surface area contributed by atoms with Crippen molar-refractivity contribution in [3.05, 3.63) is 30.3 Å². The molecule has 0 aromatic heterocycles. The topological polar surface area (TPSA) is 46.3 Å². The van der Waals surface area contributed by atoms with Crippen molar-refractivity contribution in [2.45, 2.75) is 5.25 Å². The summed E-state index contributed by atoms with van der Waals surface area (Å²) in [5.41, 5.74) is 6.31. The average Bonchev–Trinajstić information content (AvgIpc) is 2.55. The van der Waals surface area contributed by atoms with E-state index in [1.54, 1.807) is 4.90 Å². The zero-order valence-corrected chi connectivity index (χ0v) is 9.55. The van der Waals surface area contributed by atoms with E-state index >= 15 is 0 Å². The van der Waals surface area contributed by atoms with Crippen molar-refractivity contribution in [1.82, 2.24) is 0 Å². The third kappa shape index (κ3) is 1.90. The largest absolute Gasteiger partial charge is 0.329 e. The first-order valence-corrected chi connectivity index (χ1v) is 5.82. The van der Waals surface area contributed by atoms with Crippen molar-refractivity contribution in [3.63, 3.8) is 0 Å². The van der Waals surface area contributed by atoms with Crippen LogP contribution in [0.1, 0.15) is 0 Å². The average molecular weight is 238 g/mol. The monoisotopic (exact) mass is 238 g/mol. The van der Waals surface area contributed by atoms with Crippen molar-refractivity contribution >= 4 is 39.9 Å². The highest BCUT2D eigenvalue weighted by atomic mass is 32.2. The number of carbonyl (C=O) groups is 1. The standard InChI is InChI=1S/C10H10N2OS2/c11-6-8-9(13)12(10(14)15-8)7-4-2-1-3-5-7/h1-5,8H,6,11H2. The summed E-state index contributed by atoms with van der Waals surface area (Å²) in [5, 5.41) is -0.224. The van der Waals surface area contributed by atoms with Gasteiger partial charge in [-0.1, -0.05) is 42.2 Å². The summed E-state index contributed by atoms with van der Waals surface area (Å²) in [6.45, 7) is 0.326. The molecule has 0 saturated carbocycles. The van der Waals surface area contributed by atoms with Crippen molar-refractivity contribution in [3.8, 4) is 0 Å². The number of nitrogens with two attached hydrogens (primary N) is 1. The molecule has 1 aliphatic heterocycles. The van der Waals surface area contributed by atoms with E-state index in [-0.39, 0.29) is 11.2 Å². The second-order valence-corrected chi connectivity index (χ2v) is 4.95. The van der Waals surface area contributed by atoms with E-state index in [1.807, 2.05) is 30.3 Å². The Labute approximate surface area is 97.6 Å². The molecule has 15 heavy (non-hydrogen) atoms. The maximum absolute atomic E-state index is 11.9. The molecule has 2 N–H and O–H groups in total. The molecule has 0 aliphatic carbocycles. The maximum atomic E-state index is 11.9. The minimum absolute atomic E-state index is 0.0151. The number of benzene rings is 1. The van der Waals surface area contributed by atoms with Gasteiger partial charge in [-0.05, 0) is 12.1 Å². The van der Waals surface area contributed by atoms with E-state index in [0.29, 0.717) is 10.9 Å². The Morgan fingerprint density at radius 1 is 1.40 bits per heavy atom. The summed E-state index contributed by atoms with van der Waals surface area (Å²) in [6, 6.07) is 9.39. The first-order chi connectivity index (χ1) is 7.24. The quantitative estimate of drug-likeness (QED) is 0.791. The van der Waals surface area contributed by atoms with E-state index in [9.17, 15) is 4.79 Å². The van der Waals surface area contributed by atoms with Gasteiger partial charge in [0.2, 0.25) is 5.91 Å². The highest BCUT2D eigenvalue weighted by molar-refractivity contribution is 8.25. The normalized spacial score (nSPS) is 21.1. The van der Waals surface area contributed by atoms with Gasteiger partial charge >= 0.3 is 0 Å². The van der Waals surface area contributed by atoms with Gasteiger partial charge in [0.25, 0.3) is 0 Å². The van der Waals surface area contributed by atoms with Gasteiger partial charge in [0, 0.05) is 6.54 Å². The predicted molar refractivity (Wildman–Crippen MR) is 67.0 cm³/mol. The fourth-order valence-electron chi connectivity index (χ4n) is 1.42. The van der Waals surface area contributed by atoms with E-state index in [4.69, 9.17) is 18.0 Å². The van der Waals surface area contributed by atoms with Crippen LogP contribution < -0.4 is 10.6 Å². The van der Waals surface area contributed by atoms with Crippen LogP contribution in [0.5, 0.6) is 0 Å². The van der Waals surface area contributed by atoms with Gasteiger partial charge in [-0.25, -0.2) is 0 Å². The van der Waals surface area contributed by atoms with Crippen LogP contribution in [-0.4, -0.2) is 22.0 Å².